The maximum atomic E-state index is 10.4. The maximum absolute atomic E-state index is 10.4. The Morgan fingerprint density at radius 1 is 1.50 bits per heavy atom. The van der Waals surface area contributed by atoms with Crippen LogP contribution in [0.3, 0.4) is 0 Å². The molecule has 0 aliphatic carbocycles. The van der Waals surface area contributed by atoms with Crippen LogP contribution in [0.5, 0.6) is 0 Å². The van der Waals surface area contributed by atoms with Gasteiger partial charge in [0.05, 0.1) is 5.92 Å². The zero-order valence-corrected chi connectivity index (χ0v) is 5.05. The lowest BCUT2D eigenvalue weighted by molar-refractivity contribution is -0.125. The van der Waals surface area contributed by atoms with Gasteiger partial charge in [-0.2, -0.15) is 0 Å². The number of hydrogen-bond acceptors (Lipinski definition) is 1. The molecule has 2 N–H and O–H groups in total. The normalized spacial score (nSPS) is 17.4. The van der Waals surface area contributed by atoms with Crippen molar-refractivity contribution in [2.75, 3.05) is 0 Å². The van der Waals surface area contributed by atoms with Crippen LogP contribution in [0.15, 0.2) is 0 Å². The Morgan fingerprint density at radius 3 is 1.88 bits per heavy atom. The predicted molar refractivity (Wildman–Crippen MR) is 28.5 cm³/mol. The van der Waals surface area contributed by atoms with Crippen LogP contribution in [0.1, 0.15) is 13.8 Å². The van der Waals surface area contributed by atoms with E-state index in [1.807, 2.05) is 0 Å². The molecule has 0 rings (SSSR count). The van der Waals surface area contributed by atoms with Crippen LogP contribution in [-0.4, -0.2) is 12.0 Å². The summed E-state index contributed by atoms with van der Waals surface area (Å²) in [6.07, 6.45) is -0.882. The van der Waals surface area contributed by atoms with Crippen LogP contribution in [0.25, 0.3) is 0 Å². The molecule has 2 unspecified atom stereocenters. The first-order valence-corrected chi connectivity index (χ1v) is 2.51. The molecule has 0 aliphatic rings. The molecule has 0 aromatic carbocycles. The van der Waals surface area contributed by atoms with E-state index in [-0.39, 0.29) is 0 Å². The summed E-state index contributed by atoms with van der Waals surface area (Å²) in [6, 6.07) is 0. The van der Waals surface area contributed by atoms with Crippen molar-refractivity contribution in [3.8, 4) is 0 Å². The standard InChI is InChI=1S/C5H10NO2/c1-3(4(2)7)5(6)8/h3-4H,1-2H3,(H2,6,8). The quantitative estimate of drug-likeness (QED) is 0.539. The van der Waals surface area contributed by atoms with Gasteiger partial charge >= 0.3 is 0 Å². The molecule has 0 spiro atoms. The third kappa shape index (κ3) is 1.93. The van der Waals surface area contributed by atoms with Crippen molar-refractivity contribution in [1.29, 1.82) is 0 Å². The number of hydrogen-bond donors (Lipinski definition) is 1. The predicted octanol–water partition coefficient (Wildman–Crippen LogP) is -0.0732. The Hall–Kier alpha value is -0.570. The lowest BCUT2D eigenvalue weighted by Gasteiger charge is -2.05. The van der Waals surface area contributed by atoms with E-state index in [1.165, 1.54) is 13.8 Å². The zero-order valence-electron chi connectivity index (χ0n) is 5.05. The molecule has 3 nitrogen and oxygen atoms in total. The van der Waals surface area contributed by atoms with E-state index in [9.17, 15) is 9.90 Å². The number of primary amides is 1. The number of rotatable bonds is 2. The summed E-state index contributed by atoms with van der Waals surface area (Å²) >= 11 is 0. The van der Waals surface area contributed by atoms with Crippen molar-refractivity contribution >= 4 is 5.91 Å². The van der Waals surface area contributed by atoms with Gasteiger partial charge < -0.3 is 5.73 Å². The SMILES string of the molecule is CC([O])C(C)C(N)=O. The summed E-state index contributed by atoms with van der Waals surface area (Å²) in [5.41, 5.74) is 4.80. The van der Waals surface area contributed by atoms with Gasteiger partial charge in [0, 0.05) is 0 Å². The highest BCUT2D eigenvalue weighted by molar-refractivity contribution is 5.76. The van der Waals surface area contributed by atoms with Gasteiger partial charge in [-0.15, -0.1) is 0 Å². The summed E-state index contributed by atoms with van der Waals surface area (Å²) in [4.78, 5) is 10.2. The Morgan fingerprint density at radius 2 is 1.88 bits per heavy atom. The average molecular weight is 116 g/mol. The molecule has 0 heterocycles. The van der Waals surface area contributed by atoms with Crippen molar-refractivity contribution in [2.45, 2.75) is 20.0 Å². The van der Waals surface area contributed by atoms with Gasteiger partial charge in [0.15, 0.2) is 0 Å². The van der Waals surface area contributed by atoms with Gasteiger partial charge in [0.25, 0.3) is 0 Å². The highest BCUT2D eigenvalue weighted by Crippen LogP contribution is 1.99. The lowest BCUT2D eigenvalue weighted by atomic mass is 10.1. The summed E-state index contributed by atoms with van der Waals surface area (Å²) in [5.74, 6) is -1.07. The molecule has 0 aromatic heterocycles. The van der Waals surface area contributed by atoms with Gasteiger partial charge in [-0.05, 0) is 6.92 Å². The first kappa shape index (κ1) is 7.43. The van der Waals surface area contributed by atoms with E-state index < -0.39 is 17.9 Å². The molecule has 1 amide bonds. The second-order valence-electron chi connectivity index (χ2n) is 1.90. The van der Waals surface area contributed by atoms with E-state index in [1.54, 1.807) is 0 Å². The van der Waals surface area contributed by atoms with Crippen LogP contribution in [0.2, 0.25) is 0 Å². The molecule has 47 valence electrons. The molecule has 2 atom stereocenters. The zero-order chi connectivity index (χ0) is 6.73. The first-order chi connectivity index (χ1) is 3.55. The minimum atomic E-state index is -0.882. The molecule has 0 bridgehead atoms. The molecule has 0 aromatic rings. The second kappa shape index (κ2) is 2.67. The summed E-state index contributed by atoms with van der Waals surface area (Å²) < 4.78 is 0. The third-order valence-corrected chi connectivity index (χ3v) is 1.15. The molecule has 3 heteroatoms. The fraction of sp³-hybridized carbons (Fsp3) is 0.800. The molecule has 8 heavy (non-hydrogen) atoms. The molecule has 0 fully saturated rings. The molecule has 0 saturated carbocycles. The first-order valence-electron chi connectivity index (χ1n) is 2.51. The summed E-state index contributed by atoms with van der Waals surface area (Å²) in [7, 11) is 0. The van der Waals surface area contributed by atoms with Crippen LogP contribution >= 0.6 is 0 Å². The lowest BCUT2D eigenvalue weighted by Crippen LogP contribution is -2.28. The molecule has 0 aliphatic heterocycles. The maximum Gasteiger partial charge on any atom is 0.222 e. The van der Waals surface area contributed by atoms with Crippen molar-refractivity contribution in [2.24, 2.45) is 11.7 Å². The van der Waals surface area contributed by atoms with Gasteiger partial charge in [-0.3, -0.25) is 4.79 Å². The highest BCUT2D eigenvalue weighted by atomic mass is 16.3. The minimum absolute atomic E-state index is 0.521. The van der Waals surface area contributed by atoms with Crippen molar-refractivity contribution in [3.63, 3.8) is 0 Å². The number of carbonyl (C=O) groups is 1. The Bertz CT molecular complexity index is 90.4. The highest BCUT2D eigenvalue weighted by Gasteiger charge is 2.15. The molecule has 1 radical (unpaired) electrons. The minimum Gasteiger partial charge on any atom is -0.369 e. The van der Waals surface area contributed by atoms with Gasteiger partial charge in [-0.1, -0.05) is 6.92 Å². The molecular formula is C5H10NO2. The Balaban J connectivity index is 3.64. The van der Waals surface area contributed by atoms with Crippen LogP contribution in [-0.2, 0) is 9.90 Å². The van der Waals surface area contributed by atoms with E-state index in [0.717, 1.165) is 0 Å². The third-order valence-electron chi connectivity index (χ3n) is 1.15. The van der Waals surface area contributed by atoms with Crippen LogP contribution in [0.4, 0.5) is 0 Å². The van der Waals surface area contributed by atoms with E-state index in [0.29, 0.717) is 0 Å². The Labute approximate surface area is 48.5 Å². The average Bonchev–Trinajstić information content (AvgIpc) is 1.64. The molecule has 0 saturated heterocycles. The van der Waals surface area contributed by atoms with E-state index in [2.05, 4.69) is 0 Å². The van der Waals surface area contributed by atoms with Gasteiger partial charge in [0.1, 0.15) is 6.10 Å². The van der Waals surface area contributed by atoms with E-state index in [4.69, 9.17) is 5.73 Å². The smallest absolute Gasteiger partial charge is 0.222 e. The van der Waals surface area contributed by atoms with Gasteiger partial charge in [0.2, 0.25) is 5.91 Å². The largest absolute Gasteiger partial charge is 0.369 e. The fourth-order valence-electron chi connectivity index (χ4n) is 0.231. The number of nitrogens with two attached hydrogens (primary N) is 1. The summed E-state index contributed by atoms with van der Waals surface area (Å²) in [5, 5.41) is 10.4. The monoisotopic (exact) mass is 116 g/mol. The van der Waals surface area contributed by atoms with Crippen LogP contribution in [0, 0.1) is 5.92 Å². The van der Waals surface area contributed by atoms with Crippen LogP contribution < -0.4 is 5.73 Å². The number of carbonyl (C=O) groups excluding carboxylic acids is 1. The Kier molecular flexibility index (Phi) is 2.48. The van der Waals surface area contributed by atoms with E-state index >= 15 is 0 Å². The molecular weight excluding hydrogens is 106 g/mol. The van der Waals surface area contributed by atoms with Gasteiger partial charge in [-0.25, -0.2) is 5.11 Å². The topological polar surface area (TPSA) is 63.0 Å². The van der Waals surface area contributed by atoms with Crippen molar-refractivity contribution < 1.29 is 9.90 Å². The second-order valence-corrected chi connectivity index (χ2v) is 1.90. The fourth-order valence-corrected chi connectivity index (χ4v) is 0.231. The summed E-state index contributed by atoms with van der Waals surface area (Å²) in [6.45, 7) is 2.95. The number of amides is 1. The van der Waals surface area contributed by atoms with Crippen molar-refractivity contribution in [3.05, 3.63) is 0 Å². The van der Waals surface area contributed by atoms with Crippen molar-refractivity contribution in [1.82, 2.24) is 0 Å².